The van der Waals surface area contributed by atoms with Crippen LogP contribution in [0.4, 0.5) is 4.79 Å². The molecular weight excluding hydrogens is 222 g/mol. The Kier molecular flexibility index (Phi) is 6.83. The number of rotatable bonds is 5. The molecule has 0 spiro atoms. The largest absolute Gasteiger partial charge is 0.444 e. The Balaban J connectivity index is 4.30. The van der Waals surface area contributed by atoms with Crippen LogP contribution in [0.25, 0.3) is 0 Å². The zero-order chi connectivity index (χ0) is 13.5. The van der Waals surface area contributed by atoms with Crippen molar-refractivity contribution in [2.75, 3.05) is 6.61 Å². The topological polar surface area (TPSA) is 78.8 Å². The van der Waals surface area contributed by atoms with Gasteiger partial charge >= 0.3 is 6.09 Å². The van der Waals surface area contributed by atoms with E-state index in [1.165, 1.54) is 6.08 Å². The van der Waals surface area contributed by atoms with E-state index < -0.39 is 23.8 Å². The minimum Gasteiger partial charge on any atom is -0.444 e. The lowest BCUT2D eigenvalue weighted by molar-refractivity contribution is 0.0406. The number of hydrogen-bond donors (Lipinski definition) is 3. The zero-order valence-electron chi connectivity index (χ0n) is 10.9. The highest BCUT2D eigenvalue weighted by Gasteiger charge is 2.22. The number of carbonyl (C=O) groups excluding carboxylic acids is 1. The van der Waals surface area contributed by atoms with Crippen LogP contribution in [0.3, 0.4) is 0 Å². The van der Waals surface area contributed by atoms with E-state index in [0.717, 1.165) is 6.42 Å². The molecule has 0 aliphatic rings. The smallest absolute Gasteiger partial charge is 0.408 e. The SMILES string of the molecule is CCC=C[C@@H](O)[C@H](CO)NC(=O)OC(C)(C)C. The fourth-order valence-corrected chi connectivity index (χ4v) is 1.11. The van der Waals surface area contributed by atoms with E-state index in [2.05, 4.69) is 5.32 Å². The normalized spacial score (nSPS) is 15.6. The number of hydrogen-bond acceptors (Lipinski definition) is 4. The average molecular weight is 245 g/mol. The Morgan fingerprint density at radius 1 is 1.47 bits per heavy atom. The molecule has 0 unspecified atom stereocenters. The van der Waals surface area contributed by atoms with Gasteiger partial charge in [0.15, 0.2) is 0 Å². The van der Waals surface area contributed by atoms with Crippen molar-refractivity contribution in [2.24, 2.45) is 0 Å². The highest BCUT2D eigenvalue weighted by atomic mass is 16.6. The first kappa shape index (κ1) is 15.9. The van der Waals surface area contributed by atoms with Crippen LogP contribution in [0, 0.1) is 0 Å². The van der Waals surface area contributed by atoms with Crippen molar-refractivity contribution in [3.05, 3.63) is 12.2 Å². The lowest BCUT2D eigenvalue weighted by Gasteiger charge is -2.24. The van der Waals surface area contributed by atoms with Gasteiger partial charge in [-0.05, 0) is 27.2 Å². The minimum atomic E-state index is -0.924. The van der Waals surface area contributed by atoms with E-state index >= 15 is 0 Å². The molecule has 5 nitrogen and oxygen atoms in total. The molecule has 5 heteroatoms. The first-order valence-electron chi connectivity index (χ1n) is 5.75. The van der Waals surface area contributed by atoms with E-state index in [1.54, 1.807) is 26.8 Å². The van der Waals surface area contributed by atoms with E-state index in [9.17, 15) is 9.90 Å². The summed E-state index contributed by atoms with van der Waals surface area (Å²) in [6, 6.07) is -0.757. The quantitative estimate of drug-likeness (QED) is 0.636. The molecule has 0 saturated carbocycles. The molecule has 0 aromatic rings. The van der Waals surface area contributed by atoms with E-state index in [-0.39, 0.29) is 6.61 Å². The lowest BCUT2D eigenvalue weighted by atomic mass is 10.1. The minimum absolute atomic E-state index is 0.353. The maximum Gasteiger partial charge on any atom is 0.408 e. The van der Waals surface area contributed by atoms with Crippen molar-refractivity contribution >= 4 is 6.09 Å². The molecule has 0 aliphatic carbocycles. The summed E-state index contributed by atoms with van der Waals surface area (Å²) in [4.78, 5) is 11.4. The van der Waals surface area contributed by atoms with Gasteiger partial charge in [-0.15, -0.1) is 0 Å². The molecule has 2 atom stereocenters. The first-order chi connectivity index (χ1) is 7.80. The van der Waals surface area contributed by atoms with Crippen LogP contribution in [0.15, 0.2) is 12.2 Å². The number of ether oxygens (including phenoxy) is 1. The van der Waals surface area contributed by atoms with Crippen molar-refractivity contribution in [1.82, 2.24) is 5.32 Å². The zero-order valence-corrected chi connectivity index (χ0v) is 10.9. The summed E-state index contributed by atoms with van der Waals surface area (Å²) in [6.45, 7) is 6.81. The Hall–Kier alpha value is -1.07. The van der Waals surface area contributed by atoms with Crippen LogP contribution in [-0.4, -0.2) is 40.7 Å². The molecule has 0 aromatic carbocycles. The van der Waals surface area contributed by atoms with E-state index in [4.69, 9.17) is 9.84 Å². The Bertz CT molecular complexity index is 258. The summed E-state index contributed by atoms with van der Waals surface area (Å²) in [6.07, 6.45) is 2.51. The summed E-state index contributed by atoms with van der Waals surface area (Å²) in [5.74, 6) is 0. The monoisotopic (exact) mass is 245 g/mol. The van der Waals surface area contributed by atoms with Gasteiger partial charge < -0.3 is 20.3 Å². The molecule has 0 bridgehead atoms. The van der Waals surface area contributed by atoms with Gasteiger partial charge in [-0.3, -0.25) is 0 Å². The molecule has 0 radical (unpaired) electrons. The second kappa shape index (κ2) is 7.29. The molecule has 0 heterocycles. The molecule has 0 fully saturated rings. The van der Waals surface area contributed by atoms with Gasteiger partial charge in [-0.2, -0.15) is 0 Å². The summed E-state index contributed by atoms with van der Waals surface area (Å²) >= 11 is 0. The van der Waals surface area contributed by atoms with Crippen LogP contribution in [0.2, 0.25) is 0 Å². The predicted molar refractivity (Wildman–Crippen MR) is 65.7 cm³/mol. The second-order valence-electron chi connectivity index (χ2n) is 4.76. The van der Waals surface area contributed by atoms with Gasteiger partial charge in [0.25, 0.3) is 0 Å². The van der Waals surface area contributed by atoms with Crippen LogP contribution in [0.1, 0.15) is 34.1 Å². The molecule has 0 aliphatic heterocycles. The van der Waals surface area contributed by atoms with E-state index in [0.29, 0.717) is 0 Å². The predicted octanol–water partition coefficient (Wildman–Crippen LogP) is 1.20. The Morgan fingerprint density at radius 2 is 2.06 bits per heavy atom. The van der Waals surface area contributed by atoms with Gasteiger partial charge in [-0.1, -0.05) is 19.1 Å². The van der Waals surface area contributed by atoms with Gasteiger partial charge in [-0.25, -0.2) is 4.79 Å². The van der Waals surface area contributed by atoms with Crippen LogP contribution < -0.4 is 5.32 Å². The summed E-state index contributed by atoms with van der Waals surface area (Å²) in [7, 11) is 0. The molecule has 0 aromatic heterocycles. The average Bonchev–Trinajstić information content (AvgIpc) is 2.19. The third-order valence-electron chi connectivity index (χ3n) is 1.88. The number of alkyl carbamates (subject to hydrolysis) is 1. The van der Waals surface area contributed by atoms with E-state index in [1.807, 2.05) is 6.92 Å². The molecule has 0 rings (SSSR count). The van der Waals surface area contributed by atoms with Crippen LogP contribution in [0.5, 0.6) is 0 Å². The second-order valence-corrected chi connectivity index (χ2v) is 4.76. The number of allylic oxidation sites excluding steroid dienone is 1. The summed E-state index contributed by atoms with van der Waals surface area (Å²) in [5.41, 5.74) is -0.603. The van der Waals surface area contributed by atoms with Crippen molar-refractivity contribution in [3.63, 3.8) is 0 Å². The van der Waals surface area contributed by atoms with Crippen molar-refractivity contribution < 1.29 is 19.7 Å². The number of aliphatic hydroxyl groups is 2. The maximum atomic E-state index is 11.4. The van der Waals surface area contributed by atoms with Gasteiger partial charge in [0.1, 0.15) is 5.60 Å². The van der Waals surface area contributed by atoms with Crippen LogP contribution >= 0.6 is 0 Å². The van der Waals surface area contributed by atoms with Gasteiger partial charge in [0.05, 0.1) is 18.8 Å². The standard InChI is InChI=1S/C12H23NO4/c1-5-6-7-10(15)9(8-14)13-11(16)17-12(2,3)4/h6-7,9-10,14-15H,5,8H2,1-4H3,(H,13,16)/t9-,10+/m0/s1. The fraction of sp³-hybridized carbons (Fsp3) is 0.750. The molecule has 100 valence electrons. The summed E-state index contributed by atoms with van der Waals surface area (Å²) < 4.78 is 5.03. The third-order valence-corrected chi connectivity index (χ3v) is 1.88. The van der Waals surface area contributed by atoms with Gasteiger partial charge in [0.2, 0.25) is 0 Å². The van der Waals surface area contributed by atoms with Crippen LogP contribution in [-0.2, 0) is 4.74 Å². The molecular formula is C12H23NO4. The van der Waals surface area contributed by atoms with Crippen molar-refractivity contribution in [2.45, 2.75) is 51.9 Å². The first-order valence-corrected chi connectivity index (χ1v) is 5.75. The highest BCUT2D eigenvalue weighted by Crippen LogP contribution is 2.07. The maximum absolute atomic E-state index is 11.4. The number of carbonyl (C=O) groups is 1. The van der Waals surface area contributed by atoms with Crippen molar-refractivity contribution in [3.8, 4) is 0 Å². The third kappa shape index (κ3) is 7.76. The molecule has 1 amide bonds. The van der Waals surface area contributed by atoms with Gasteiger partial charge in [0, 0.05) is 0 Å². The lowest BCUT2D eigenvalue weighted by Crippen LogP contribution is -2.46. The summed E-state index contributed by atoms with van der Waals surface area (Å²) in [5, 5.41) is 21.2. The molecule has 0 saturated heterocycles. The number of amides is 1. The molecule has 17 heavy (non-hydrogen) atoms. The Labute approximate surface area is 102 Å². The Morgan fingerprint density at radius 3 is 2.47 bits per heavy atom. The highest BCUT2D eigenvalue weighted by molar-refractivity contribution is 5.68. The molecule has 3 N–H and O–H groups in total. The number of nitrogens with one attached hydrogen (secondary N) is 1. The number of aliphatic hydroxyl groups excluding tert-OH is 2. The fourth-order valence-electron chi connectivity index (χ4n) is 1.11. The van der Waals surface area contributed by atoms with Crippen molar-refractivity contribution in [1.29, 1.82) is 0 Å².